The molecule has 0 aliphatic carbocycles. The summed E-state index contributed by atoms with van der Waals surface area (Å²) in [6, 6.07) is 7.54. The summed E-state index contributed by atoms with van der Waals surface area (Å²) < 4.78 is 0. The van der Waals surface area contributed by atoms with Crippen LogP contribution < -0.4 is 5.73 Å². The highest BCUT2D eigenvalue weighted by Crippen LogP contribution is 2.05. The predicted molar refractivity (Wildman–Crippen MR) is 53.1 cm³/mol. The maximum atomic E-state index is 9.27. The zero-order valence-corrected chi connectivity index (χ0v) is 7.40. The highest BCUT2D eigenvalue weighted by atomic mass is 16.3. The fraction of sp³-hybridized carbons (Fsp3) is 0.273. The van der Waals surface area contributed by atoms with Gasteiger partial charge in [-0.05, 0) is 24.1 Å². The van der Waals surface area contributed by atoms with Gasteiger partial charge in [-0.1, -0.05) is 18.1 Å². The Morgan fingerprint density at radius 1 is 1.38 bits per heavy atom. The molecule has 1 unspecified atom stereocenters. The van der Waals surface area contributed by atoms with E-state index in [-0.39, 0.29) is 6.54 Å². The van der Waals surface area contributed by atoms with Crippen LogP contribution in [0.5, 0.6) is 0 Å². The molecule has 0 amide bonds. The maximum absolute atomic E-state index is 9.27. The molecular weight excluding hydrogens is 162 g/mol. The Morgan fingerprint density at radius 3 is 2.46 bits per heavy atom. The summed E-state index contributed by atoms with van der Waals surface area (Å²) in [5.41, 5.74) is 7.20. The number of nitrogens with two attached hydrogens (primary N) is 1. The first kappa shape index (κ1) is 9.79. The van der Waals surface area contributed by atoms with Crippen LogP contribution in [0.4, 0.5) is 0 Å². The van der Waals surface area contributed by atoms with Crippen molar-refractivity contribution in [3.63, 3.8) is 0 Å². The molecule has 2 nitrogen and oxygen atoms in total. The second-order valence-corrected chi connectivity index (χ2v) is 2.93. The zero-order chi connectivity index (χ0) is 9.68. The van der Waals surface area contributed by atoms with Crippen molar-refractivity contribution < 1.29 is 5.11 Å². The smallest absolute Gasteiger partial charge is 0.0702 e. The van der Waals surface area contributed by atoms with Crippen LogP contribution in [0.2, 0.25) is 0 Å². The minimum Gasteiger partial charge on any atom is -0.391 e. The lowest BCUT2D eigenvalue weighted by molar-refractivity contribution is 0.183. The first-order valence-electron chi connectivity index (χ1n) is 4.20. The number of benzene rings is 1. The van der Waals surface area contributed by atoms with Gasteiger partial charge in [0.25, 0.3) is 0 Å². The fourth-order valence-electron chi connectivity index (χ4n) is 1.09. The predicted octanol–water partition coefficient (Wildman–Crippen LogP) is 0.530. The second-order valence-electron chi connectivity index (χ2n) is 2.93. The fourth-order valence-corrected chi connectivity index (χ4v) is 1.09. The van der Waals surface area contributed by atoms with Gasteiger partial charge in [0.1, 0.15) is 0 Å². The molecule has 0 spiro atoms. The third-order valence-electron chi connectivity index (χ3n) is 1.86. The quantitative estimate of drug-likeness (QED) is 0.658. The van der Waals surface area contributed by atoms with Gasteiger partial charge in [0.15, 0.2) is 0 Å². The van der Waals surface area contributed by atoms with Gasteiger partial charge in [-0.25, -0.2) is 0 Å². The summed E-state index contributed by atoms with van der Waals surface area (Å²) in [6.07, 6.45) is 5.33. The van der Waals surface area contributed by atoms with Crippen molar-refractivity contribution in [2.45, 2.75) is 12.5 Å². The van der Waals surface area contributed by atoms with E-state index in [9.17, 15) is 5.11 Å². The molecular formula is C11H13NO. The third-order valence-corrected chi connectivity index (χ3v) is 1.86. The summed E-state index contributed by atoms with van der Waals surface area (Å²) in [7, 11) is 0. The molecule has 0 radical (unpaired) electrons. The molecule has 0 fully saturated rings. The van der Waals surface area contributed by atoms with Gasteiger partial charge in [0.05, 0.1) is 6.10 Å². The minimum absolute atomic E-state index is 0.289. The molecule has 0 aliphatic heterocycles. The van der Waals surface area contributed by atoms with E-state index in [2.05, 4.69) is 5.92 Å². The molecule has 3 N–H and O–H groups in total. The number of hydrogen-bond donors (Lipinski definition) is 2. The molecule has 0 aromatic heterocycles. The van der Waals surface area contributed by atoms with Crippen molar-refractivity contribution in [2.24, 2.45) is 5.73 Å². The molecule has 0 bridgehead atoms. The van der Waals surface area contributed by atoms with Gasteiger partial charge in [-0.15, -0.1) is 6.42 Å². The topological polar surface area (TPSA) is 46.2 Å². The molecule has 0 aliphatic rings. The van der Waals surface area contributed by atoms with E-state index in [0.29, 0.717) is 6.42 Å². The van der Waals surface area contributed by atoms with Crippen LogP contribution in [-0.2, 0) is 6.42 Å². The van der Waals surface area contributed by atoms with Crippen LogP contribution >= 0.6 is 0 Å². The highest BCUT2D eigenvalue weighted by Gasteiger charge is 2.01. The lowest BCUT2D eigenvalue weighted by Gasteiger charge is -2.06. The van der Waals surface area contributed by atoms with Crippen molar-refractivity contribution in [3.8, 4) is 12.3 Å². The Bertz CT molecular complexity index is 297. The summed E-state index contributed by atoms with van der Waals surface area (Å²) >= 11 is 0. The van der Waals surface area contributed by atoms with Gasteiger partial charge < -0.3 is 10.8 Å². The maximum Gasteiger partial charge on any atom is 0.0702 e. The van der Waals surface area contributed by atoms with Gasteiger partial charge in [-0.2, -0.15) is 0 Å². The van der Waals surface area contributed by atoms with Crippen LogP contribution in [0.3, 0.4) is 0 Å². The van der Waals surface area contributed by atoms with Crippen LogP contribution in [0, 0.1) is 12.3 Å². The molecule has 0 saturated carbocycles. The number of terminal acetylenes is 1. The van der Waals surface area contributed by atoms with E-state index >= 15 is 0 Å². The molecule has 2 heteroatoms. The number of hydrogen-bond acceptors (Lipinski definition) is 2. The second kappa shape index (κ2) is 4.66. The molecule has 68 valence electrons. The molecule has 1 aromatic carbocycles. The Balaban J connectivity index is 2.65. The normalized spacial score (nSPS) is 12.1. The highest BCUT2D eigenvalue weighted by molar-refractivity contribution is 5.34. The van der Waals surface area contributed by atoms with Gasteiger partial charge in [0, 0.05) is 12.1 Å². The first-order chi connectivity index (χ1) is 6.26. The molecule has 0 heterocycles. The van der Waals surface area contributed by atoms with Crippen LogP contribution in [0.25, 0.3) is 0 Å². The largest absolute Gasteiger partial charge is 0.391 e. The van der Waals surface area contributed by atoms with Crippen LogP contribution in [0.1, 0.15) is 11.1 Å². The molecule has 0 saturated heterocycles. The van der Waals surface area contributed by atoms with Crippen molar-refractivity contribution in [1.82, 2.24) is 0 Å². The molecule has 13 heavy (non-hydrogen) atoms. The van der Waals surface area contributed by atoms with Gasteiger partial charge in [-0.3, -0.25) is 0 Å². The van der Waals surface area contributed by atoms with E-state index < -0.39 is 6.10 Å². The van der Waals surface area contributed by atoms with E-state index in [4.69, 9.17) is 12.2 Å². The molecule has 1 aromatic rings. The average Bonchev–Trinajstić information content (AvgIpc) is 2.19. The summed E-state index contributed by atoms with van der Waals surface area (Å²) in [6.45, 7) is 0.289. The zero-order valence-electron chi connectivity index (χ0n) is 7.40. The summed E-state index contributed by atoms with van der Waals surface area (Å²) in [5.74, 6) is 2.53. The minimum atomic E-state index is -0.461. The van der Waals surface area contributed by atoms with Crippen molar-refractivity contribution in [3.05, 3.63) is 35.4 Å². The Morgan fingerprint density at radius 2 is 2.00 bits per heavy atom. The summed E-state index contributed by atoms with van der Waals surface area (Å²) in [4.78, 5) is 0. The SMILES string of the molecule is C#Cc1ccc(CC(O)CN)cc1. The Hall–Kier alpha value is -1.30. The summed E-state index contributed by atoms with van der Waals surface area (Å²) in [5, 5.41) is 9.27. The standard InChI is InChI=1S/C11H13NO/c1-2-9-3-5-10(6-4-9)7-11(13)8-12/h1,3-6,11,13H,7-8,12H2. The van der Waals surface area contributed by atoms with Gasteiger partial charge >= 0.3 is 0 Å². The third kappa shape index (κ3) is 2.90. The van der Waals surface area contributed by atoms with Gasteiger partial charge in [0.2, 0.25) is 0 Å². The average molecular weight is 175 g/mol. The van der Waals surface area contributed by atoms with Crippen molar-refractivity contribution >= 4 is 0 Å². The lowest BCUT2D eigenvalue weighted by Crippen LogP contribution is -2.21. The van der Waals surface area contributed by atoms with E-state index in [1.807, 2.05) is 24.3 Å². The molecule has 1 rings (SSSR count). The Kier molecular flexibility index (Phi) is 3.51. The van der Waals surface area contributed by atoms with Crippen molar-refractivity contribution in [1.29, 1.82) is 0 Å². The van der Waals surface area contributed by atoms with E-state index in [0.717, 1.165) is 11.1 Å². The Labute approximate surface area is 78.4 Å². The van der Waals surface area contributed by atoms with E-state index in [1.165, 1.54) is 0 Å². The number of aliphatic hydroxyl groups is 1. The lowest BCUT2D eigenvalue weighted by atomic mass is 10.1. The number of rotatable bonds is 3. The monoisotopic (exact) mass is 175 g/mol. The van der Waals surface area contributed by atoms with Crippen LogP contribution in [-0.4, -0.2) is 17.8 Å². The molecule has 1 atom stereocenters. The first-order valence-corrected chi connectivity index (χ1v) is 4.20. The van der Waals surface area contributed by atoms with Crippen LogP contribution in [0.15, 0.2) is 24.3 Å². The van der Waals surface area contributed by atoms with E-state index in [1.54, 1.807) is 0 Å². The number of aliphatic hydroxyl groups excluding tert-OH is 1. The van der Waals surface area contributed by atoms with Crippen molar-refractivity contribution in [2.75, 3.05) is 6.54 Å².